The lowest BCUT2D eigenvalue weighted by Crippen LogP contribution is -2.25. The van der Waals surface area contributed by atoms with Gasteiger partial charge in [-0.05, 0) is 25.1 Å². The van der Waals surface area contributed by atoms with Gasteiger partial charge in [0.2, 0.25) is 0 Å². The highest BCUT2D eigenvalue weighted by molar-refractivity contribution is 7.09. The molecule has 96 valence electrons. The first kappa shape index (κ1) is 13.2. The van der Waals surface area contributed by atoms with E-state index in [-0.39, 0.29) is 5.91 Å². The molecule has 19 heavy (non-hydrogen) atoms. The summed E-state index contributed by atoms with van der Waals surface area (Å²) in [6.45, 7) is 2.50. The van der Waals surface area contributed by atoms with Crippen molar-refractivity contribution >= 4 is 17.2 Å². The molecule has 1 aromatic heterocycles. The molecule has 0 spiro atoms. The van der Waals surface area contributed by atoms with Gasteiger partial charge in [-0.1, -0.05) is 6.07 Å². The Morgan fingerprint density at radius 1 is 1.53 bits per heavy atom. The molecule has 0 atom stereocenters. The predicted octanol–water partition coefficient (Wildman–Crippen LogP) is 2.30. The quantitative estimate of drug-likeness (QED) is 0.927. The zero-order valence-electron chi connectivity index (χ0n) is 10.5. The van der Waals surface area contributed by atoms with E-state index in [1.54, 1.807) is 35.6 Å². The maximum Gasteiger partial charge on any atom is 0.251 e. The first-order valence-corrected chi connectivity index (χ1v) is 6.76. The molecule has 0 saturated carbocycles. The van der Waals surface area contributed by atoms with Gasteiger partial charge in [0.05, 0.1) is 22.3 Å². The molecule has 0 bridgehead atoms. The predicted molar refractivity (Wildman–Crippen MR) is 74.0 cm³/mol. The second-order valence-corrected chi connectivity index (χ2v) is 5.12. The smallest absolute Gasteiger partial charge is 0.251 e. The van der Waals surface area contributed by atoms with Crippen LogP contribution in [0.3, 0.4) is 0 Å². The molecule has 0 aliphatic carbocycles. The highest BCUT2D eigenvalue weighted by Crippen LogP contribution is 2.08. The normalized spacial score (nSPS) is 9.89. The van der Waals surface area contributed by atoms with E-state index in [1.165, 1.54) is 0 Å². The van der Waals surface area contributed by atoms with Crippen molar-refractivity contribution in [3.63, 3.8) is 0 Å². The summed E-state index contributed by atoms with van der Waals surface area (Å²) in [5, 5.41) is 14.6. The minimum absolute atomic E-state index is 0.163. The molecule has 0 fully saturated rings. The SMILES string of the molecule is Cc1nc(CCNC(=O)c2cccc(C#N)c2)cs1. The van der Waals surface area contributed by atoms with Crippen LogP contribution in [0.5, 0.6) is 0 Å². The molecule has 0 radical (unpaired) electrons. The first-order chi connectivity index (χ1) is 9.19. The van der Waals surface area contributed by atoms with Crippen molar-refractivity contribution in [1.29, 1.82) is 5.26 Å². The standard InChI is InChI=1S/C14H13N3OS/c1-10-17-13(9-19-10)5-6-16-14(18)12-4-2-3-11(7-12)8-15/h2-4,7,9H,5-6H2,1H3,(H,16,18). The Balaban J connectivity index is 1.89. The number of thiazole rings is 1. The molecule has 2 rings (SSSR count). The van der Waals surface area contributed by atoms with Gasteiger partial charge in [-0.3, -0.25) is 4.79 Å². The molecular weight excluding hydrogens is 258 g/mol. The van der Waals surface area contributed by atoms with E-state index < -0.39 is 0 Å². The maximum atomic E-state index is 11.9. The highest BCUT2D eigenvalue weighted by Gasteiger charge is 2.06. The summed E-state index contributed by atoms with van der Waals surface area (Å²) in [6.07, 6.45) is 0.716. The molecule has 0 aliphatic heterocycles. The number of rotatable bonds is 4. The maximum absolute atomic E-state index is 11.9. The van der Waals surface area contributed by atoms with Crippen LogP contribution in [0.15, 0.2) is 29.6 Å². The van der Waals surface area contributed by atoms with Crippen LogP contribution in [0.4, 0.5) is 0 Å². The monoisotopic (exact) mass is 271 g/mol. The molecule has 5 heteroatoms. The number of aromatic nitrogens is 1. The number of nitriles is 1. The van der Waals surface area contributed by atoms with E-state index in [4.69, 9.17) is 5.26 Å². The third-order valence-corrected chi connectivity index (χ3v) is 3.41. The minimum Gasteiger partial charge on any atom is -0.352 e. The topological polar surface area (TPSA) is 65.8 Å². The average Bonchev–Trinajstić information content (AvgIpc) is 2.84. The van der Waals surface area contributed by atoms with Crippen LogP contribution in [0, 0.1) is 18.3 Å². The van der Waals surface area contributed by atoms with E-state index in [2.05, 4.69) is 10.3 Å². The fourth-order valence-electron chi connectivity index (χ4n) is 1.66. The van der Waals surface area contributed by atoms with Gasteiger partial charge in [-0.2, -0.15) is 5.26 Å². The van der Waals surface area contributed by atoms with Gasteiger partial charge in [-0.15, -0.1) is 11.3 Å². The molecule has 4 nitrogen and oxygen atoms in total. The van der Waals surface area contributed by atoms with E-state index in [9.17, 15) is 4.79 Å². The second-order valence-electron chi connectivity index (χ2n) is 4.06. The van der Waals surface area contributed by atoms with Gasteiger partial charge in [-0.25, -0.2) is 4.98 Å². The van der Waals surface area contributed by atoms with E-state index in [0.29, 0.717) is 24.1 Å². The third kappa shape index (κ3) is 3.63. The average molecular weight is 271 g/mol. The van der Waals surface area contributed by atoms with Crippen molar-refractivity contribution in [3.05, 3.63) is 51.5 Å². The van der Waals surface area contributed by atoms with Crippen LogP contribution in [0.25, 0.3) is 0 Å². The van der Waals surface area contributed by atoms with Crippen LogP contribution in [0.2, 0.25) is 0 Å². The second kappa shape index (κ2) is 6.12. The lowest BCUT2D eigenvalue weighted by Gasteiger charge is -2.04. The third-order valence-electron chi connectivity index (χ3n) is 2.59. The van der Waals surface area contributed by atoms with Crippen molar-refractivity contribution < 1.29 is 4.79 Å². The van der Waals surface area contributed by atoms with Crippen LogP contribution < -0.4 is 5.32 Å². The summed E-state index contributed by atoms with van der Waals surface area (Å²) < 4.78 is 0. The zero-order chi connectivity index (χ0) is 13.7. The Bertz CT molecular complexity index is 628. The van der Waals surface area contributed by atoms with Gasteiger partial charge >= 0.3 is 0 Å². The van der Waals surface area contributed by atoms with Crippen molar-refractivity contribution in [2.75, 3.05) is 6.54 Å². The number of carbonyl (C=O) groups excluding carboxylic acids is 1. The van der Waals surface area contributed by atoms with Crippen LogP contribution >= 0.6 is 11.3 Å². The van der Waals surface area contributed by atoms with Crippen LogP contribution in [-0.2, 0) is 6.42 Å². The molecule has 0 saturated heterocycles. The Labute approximate surface area is 115 Å². The van der Waals surface area contributed by atoms with Crippen LogP contribution in [0.1, 0.15) is 26.6 Å². The molecule has 1 heterocycles. The Morgan fingerprint density at radius 2 is 2.37 bits per heavy atom. The molecule has 1 aromatic carbocycles. The first-order valence-electron chi connectivity index (χ1n) is 5.88. The van der Waals surface area contributed by atoms with Crippen molar-refractivity contribution in [2.24, 2.45) is 0 Å². The van der Waals surface area contributed by atoms with Gasteiger partial charge in [0.1, 0.15) is 0 Å². The molecule has 0 aliphatic rings. The summed E-state index contributed by atoms with van der Waals surface area (Å²) in [7, 11) is 0. The fourth-order valence-corrected chi connectivity index (χ4v) is 2.31. The largest absolute Gasteiger partial charge is 0.352 e. The number of nitrogens with one attached hydrogen (secondary N) is 1. The Morgan fingerprint density at radius 3 is 3.05 bits per heavy atom. The summed E-state index contributed by atoms with van der Waals surface area (Å²) in [4.78, 5) is 16.2. The number of carbonyl (C=O) groups is 1. The number of aryl methyl sites for hydroxylation is 1. The molecule has 2 aromatic rings. The minimum atomic E-state index is -0.163. The Hall–Kier alpha value is -2.19. The lowest BCUT2D eigenvalue weighted by molar-refractivity contribution is 0.0954. The highest BCUT2D eigenvalue weighted by atomic mass is 32.1. The van der Waals surface area contributed by atoms with Gasteiger partial charge in [0.25, 0.3) is 5.91 Å². The molecular formula is C14H13N3OS. The molecule has 1 amide bonds. The Kier molecular flexibility index (Phi) is 4.26. The van der Waals surface area contributed by atoms with Crippen molar-refractivity contribution in [1.82, 2.24) is 10.3 Å². The van der Waals surface area contributed by atoms with Gasteiger partial charge in [0, 0.05) is 23.9 Å². The number of amides is 1. The summed E-state index contributed by atoms with van der Waals surface area (Å²) in [5.74, 6) is -0.163. The van der Waals surface area contributed by atoms with Crippen molar-refractivity contribution in [2.45, 2.75) is 13.3 Å². The van der Waals surface area contributed by atoms with Gasteiger partial charge in [0.15, 0.2) is 0 Å². The molecule has 1 N–H and O–H groups in total. The lowest BCUT2D eigenvalue weighted by atomic mass is 10.1. The van der Waals surface area contributed by atoms with Crippen molar-refractivity contribution in [3.8, 4) is 6.07 Å². The van der Waals surface area contributed by atoms with E-state index in [1.807, 2.05) is 18.4 Å². The van der Waals surface area contributed by atoms with E-state index >= 15 is 0 Å². The summed E-state index contributed by atoms with van der Waals surface area (Å²) >= 11 is 1.60. The summed E-state index contributed by atoms with van der Waals surface area (Å²) in [5.41, 5.74) is 1.99. The zero-order valence-corrected chi connectivity index (χ0v) is 11.3. The number of hydrogen-bond donors (Lipinski definition) is 1. The van der Waals surface area contributed by atoms with E-state index in [0.717, 1.165) is 10.7 Å². The number of hydrogen-bond acceptors (Lipinski definition) is 4. The summed E-state index contributed by atoms with van der Waals surface area (Å²) in [6, 6.07) is 8.68. The fraction of sp³-hybridized carbons (Fsp3) is 0.214. The number of benzene rings is 1. The van der Waals surface area contributed by atoms with Gasteiger partial charge < -0.3 is 5.32 Å². The molecule has 0 unspecified atom stereocenters. The van der Waals surface area contributed by atoms with Crippen LogP contribution in [-0.4, -0.2) is 17.4 Å². The number of nitrogens with zero attached hydrogens (tertiary/aromatic N) is 2.